The zero-order valence-electron chi connectivity index (χ0n) is 90.5. The molecular formula is C115H157N13O17S4. The smallest absolute Gasteiger partial charge is 0.411 e. The number of rotatable bonds is 33. The molecule has 0 spiro atoms. The molecular weight excluding hydrogens is 1960 g/mol. The Balaban J connectivity index is 0.000000560. The van der Waals surface area contributed by atoms with E-state index in [1.54, 1.807) is 26.0 Å². The number of sulfonamides is 4. The number of hydrogen-bond acceptors (Lipinski definition) is 17. The second-order valence-electron chi connectivity index (χ2n) is 34.4. The molecule has 0 aliphatic carbocycles. The van der Waals surface area contributed by atoms with Gasteiger partial charge in [0.25, 0.3) is 0 Å². The Morgan fingerprint density at radius 1 is 0.309 bits per heavy atom. The molecule has 9 N–H and O–H groups in total. The highest BCUT2D eigenvalue weighted by molar-refractivity contribution is 7.93. The maximum absolute atomic E-state index is 11.9. The van der Waals surface area contributed by atoms with Crippen LogP contribution in [0, 0.1) is 69.2 Å². The van der Waals surface area contributed by atoms with Gasteiger partial charge in [0.15, 0.2) is 0 Å². The molecule has 0 aliphatic heterocycles. The molecule has 30 nitrogen and oxygen atoms in total. The van der Waals surface area contributed by atoms with E-state index < -0.39 is 58.4 Å². The van der Waals surface area contributed by atoms with Crippen molar-refractivity contribution in [2.45, 2.75) is 170 Å². The second kappa shape index (κ2) is 71.0. The van der Waals surface area contributed by atoms with Gasteiger partial charge in [-0.1, -0.05) is 240 Å². The van der Waals surface area contributed by atoms with Crippen molar-refractivity contribution in [3.63, 3.8) is 0 Å². The van der Waals surface area contributed by atoms with E-state index in [4.69, 9.17) is 14.2 Å². The molecule has 149 heavy (non-hydrogen) atoms. The fourth-order valence-electron chi connectivity index (χ4n) is 12.4. The van der Waals surface area contributed by atoms with Crippen molar-refractivity contribution in [3.8, 4) is 0 Å². The highest BCUT2D eigenvalue weighted by Gasteiger charge is 2.22. The van der Waals surface area contributed by atoms with Crippen LogP contribution in [0.5, 0.6) is 0 Å². The molecule has 808 valence electrons. The molecule has 0 saturated carbocycles. The quantitative estimate of drug-likeness (QED) is 0.0136. The van der Waals surface area contributed by atoms with E-state index in [9.17, 15) is 62.4 Å². The van der Waals surface area contributed by atoms with Crippen LogP contribution >= 0.6 is 0 Å². The Bertz CT molecular complexity index is 6070. The zero-order valence-corrected chi connectivity index (χ0v) is 93.8. The highest BCUT2D eigenvalue weighted by Crippen LogP contribution is 2.25. The number of carbonyl (C=O) groups is 6. The number of amides is 9. The summed E-state index contributed by atoms with van der Waals surface area (Å²) >= 11 is 0. The molecule has 0 saturated heterocycles. The van der Waals surface area contributed by atoms with Crippen LogP contribution in [0.25, 0.3) is 0 Å². The fraction of sp³-hybridized carbons (Fsp3) is 0.322. The van der Waals surface area contributed by atoms with Crippen molar-refractivity contribution >= 4 is 133 Å². The van der Waals surface area contributed by atoms with Gasteiger partial charge in [0.1, 0.15) is 6.61 Å². The molecule has 11 aromatic rings. The van der Waals surface area contributed by atoms with E-state index in [0.29, 0.717) is 45.8 Å². The first-order valence-corrected chi connectivity index (χ1v) is 55.9. The fourth-order valence-corrected chi connectivity index (χ4v) is 16.7. The molecule has 0 radical (unpaired) electrons. The summed E-state index contributed by atoms with van der Waals surface area (Å²) < 4.78 is 113. The number of hydrogen-bond donors (Lipinski definition) is 9. The normalized spacial score (nSPS) is 10.3. The standard InChI is InChI=1S/C16H18N2O.C12H19NO2S.2C11H14N2O.2C11H17NO2S.2C11H15NO2.C11H13NO2.C10H15NO2S/c1-13-7-9-15(10-8-13)18-16(19)17-12-11-14-5-3-2-4-6-14;1-4-10-13(16(14,15)5-2)12-8-6-11(3)7-9-12;2*1-3-8-12-11(14)13-10-6-4-9(2)5-7-10;1-4-9-12(15(3,13)14)11-7-5-10(2)6-8-11;1-4-12(15(13,14)5-2)11-8-6-10(3)7-9-11;1-8(2)14-11(13)12-10-6-4-9(3)5-7-10;1-8(2)14-11(13)12-10-6-4-5-9(3)7-10;1-3-8-14-11(13)12-10-6-4-9(2)5-7-10;1-4-11(14(3,12)13)10-7-5-9(2)6-8-10/h2-10H,11-12H2,1H3,(H2,17,18,19);6-9H,4-5,10H2,1-3H3;2*3-7H,1,8H2,2H3,(H2,12,13,14);5-8H,4,9H2,1-3H3;6-9H,4-5H2,1-3H3;2*4-8H,1-3H3,(H,12,13);3-7H,1,8H2,2H3,(H,12,13);5-8H,4H2,1-3H3. The molecule has 11 rings (SSSR count). The van der Waals surface area contributed by atoms with Crippen LogP contribution in [0.1, 0.15) is 143 Å². The van der Waals surface area contributed by atoms with Gasteiger partial charge in [-0.05, 0) is 276 Å². The summed E-state index contributed by atoms with van der Waals surface area (Å²) in [6, 6.07) is 85.2. The molecule has 11 aromatic carbocycles. The first-order chi connectivity index (χ1) is 70.5. The minimum Gasteiger partial charge on any atom is -0.447 e. The van der Waals surface area contributed by atoms with Crippen LogP contribution in [0.4, 0.5) is 85.6 Å². The molecule has 9 amide bonds. The molecule has 0 unspecified atom stereocenters. The van der Waals surface area contributed by atoms with Gasteiger partial charge in [-0.25, -0.2) is 62.4 Å². The average molecular weight is 2120 g/mol. The van der Waals surface area contributed by atoms with Crippen molar-refractivity contribution in [2.24, 2.45) is 0 Å². The number of nitrogens with zero attached hydrogens (tertiary/aromatic N) is 4. The Labute approximate surface area is 887 Å². The summed E-state index contributed by atoms with van der Waals surface area (Å²) in [5.74, 6) is 0.273. The molecule has 0 fully saturated rings. The summed E-state index contributed by atoms with van der Waals surface area (Å²) in [6.45, 7) is 52.3. The number of urea groups is 3. The van der Waals surface area contributed by atoms with Crippen LogP contribution in [0.15, 0.2) is 311 Å². The van der Waals surface area contributed by atoms with E-state index in [1.165, 1.54) is 58.1 Å². The predicted molar refractivity (Wildman–Crippen MR) is 619 cm³/mol. The third kappa shape index (κ3) is 57.8. The summed E-state index contributed by atoms with van der Waals surface area (Å²) in [5.41, 5.74) is 20.2. The van der Waals surface area contributed by atoms with E-state index in [0.717, 1.165) is 115 Å². The minimum absolute atomic E-state index is 0.0968. The van der Waals surface area contributed by atoms with Gasteiger partial charge in [0, 0.05) is 79.9 Å². The van der Waals surface area contributed by atoms with E-state index in [2.05, 4.69) is 79.7 Å². The van der Waals surface area contributed by atoms with E-state index >= 15 is 0 Å². The van der Waals surface area contributed by atoms with Crippen molar-refractivity contribution in [2.75, 3.05) is 126 Å². The van der Waals surface area contributed by atoms with Crippen molar-refractivity contribution in [1.82, 2.24) is 16.0 Å². The van der Waals surface area contributed by atoms with Gasteiger partial charge < -0.3 is 46.1 Å². The second-order valence-corrected chi connectivity index (χ2v) is 42.6. The summed E-state index contributed by atoms with van der Waals surface area (Å²) in [4.78, 5) is 67.5. The van der Waals surface area contributed by atoms with Crippen LogP contribution in [0.3, 0.4) is 0 Å². The largest absolute Gasteiger partial charge is 0.447 e. The van der Waals surface area contributed by atoms with Crippen molar-refractivity contribution in [1.29, 1.82) is 0 Å². The predicted octanol–water partition coefficient (Wildman–Crippen LogP) is 25.3. The highest BCUT2D eigenvalue weighted by atomic mass is 32.2. The summed E-state index contributed by atoms with van der Waals surface area (Å²) in [7, 11) is -12.6. The van der Waals surface area contributed by atoms with Gasteiger partial charge in [0.05, 0.1) is 59.0 Å². The van der Waals surface area contributed by atoms with Gasteiger partial charge >= 0.3 is 36.4 Å². The SMILES string of the molecule is C=CCNC(=O)Nc1ccc(C)cc1.C=CCNC(=O)Nc1ccc(C)cc1.C=CCOC(=O)Nc1ccc(C)cc1.CCCN(c1ccc(C)cc1)S(=O)(=O)CC.CCCN(c1ccc(C)cc1)S(C)(=O)=O.CCN(c1ccc(C)cc1)S(=O)(=O)CC.CCN(c1ccc(C)cc1)S(C)(=O)=O.Cc1ccc(NC(=O)NCCc2ccccc2)cc1.Cc1ccc(NC(=O)OC(C)C)cc1.Cc1cccc(NC(=O)OC(C)C)c1. The van der Waals surface area contributed by atoms with Crippen LogP contribution in [0.2, 0.25) is 0 Å². The van der Waals surface area contributed by atoms with Crippen LogP contribution in [-0.2, 0) is 60.7 Å². The number of carbonyl (C=O) groups excluding carboxylic acids is 6. The number of anilines is 10. The maximum Gasteiger partial charge on any atom is 0.411 e. The topological polar surface area (TPSA) is 388 Å². The Kier molecular flexibility index (Phi) is 62.1. The molecule has 0 bridgehead atoms. The van der Waals surface area contributed by atoms with Gasteiger partial charge in [-0.3, -0.25) is 33.2 Å². The third-order valence-electron chi connectivity index (χ3n) is 20.1. The lowest BCUT2D eigenvalue weighted by molar-refractivity contribution is 0.129. The first kappa shape index (κ1) is 130. The molecule has 0 heterocycles. The van der Waals surface area contributed by atoms with Crippen molar-refractivity contribution in [3.05, 3.63) is 372 Å². The minimum atomic E-state index is -3.16. The van der Waals surface area contributed by atoms with E-state index in [1.807, 2.05) is 385 Å². The lowest BCUT2D eigenvalue weighted by Crippen LogP contribution is -2.32. The zero-order chi connectivity index (χ0) is 112. The average Bonchev–Trinajstić information content (AvgIpc) is 0.834. The Morgan fingerprint density at radius 3 is 0.886 bits per heavy atom. The number of ether oxygens (including phenoxy) is 3. The summed E-state index contributed by atoms with van der Waals surface area (Å²) in [6.07, 6.45) is 8.22. The Hall–Kier alpha value is -14.7. The van der Waals surface area contributed by atoms with Crippen LogP contribution in [-0.4, -0.2) is 159 Å². The number of aryl methyl sites for hydroxylation is 10. The lowest BCUT2D eigenvalue weighted by atomic mass is 10.1. The number of nitrogens with one attached hydrogen (secondary N) is 9. The monoisotopic (exact) mass is 2120 g/mol. The third-order valence-corrected chi connectivity index (χ3v) is 26.2. The molecule has 0 aliphatic rings. The number of benzene rings is 11. The first-order valence-electron chi connectivity index (χ1n) is 49.0. The van der Waals surface area contributed by atoms with Crippen molar-refractivity contribution < 1.29 is 76.6 Å². The summed E-state index contributed by atoms with van der Waals surface area (Å²) in [5, 5.41) is 24.2. The van der Waals surface area contributed by atoms with E-state index in [-0.39, 0.29) is 48.4 Å². The van der Waals surface area contributed by atoms with Gasteiger partial charge in [-0.2, -0.15) is 0 Å². The van der Waals surface area contributed by atoms with Gasteiger partial charge in [-0.15, -0.1) is 13.2 Å². The van der Waals surface area contributed by atoms with Crippen LogP contribution < -0.4 is 65.1 Å². The van der Waals surface area contributed by atoms with Gasteiger partial charge in [0.2, 0.25) is 40.1 Å². The Morgan fingerprint density at radius 2 is 0.591 bits per heavy atom. The maximum atomic E-state index is 11.9. The molecule has 0 aromatic heterocycles. The molecule has 34 heteroatoms. The lowest BCUT2D eigenvalue weighted by Gasteiger charge is -2.23. The molecule has 0 atom stereocenters.